The summed E-state index contributed by atoms with van der Waals surface area (Å²) in [6.07, 6.45) is 3.78. The maximum Gasteiger partial charge on any atom is 0.124 e. The average molecular weight is 249 g/mol. The molecule has 1 N–H and O–H groups in total. The van der Waals surface area contributed by atoms with E-state index in [0.717, 1.165) is 18.8 Å². The molecule has 0 aromatic heterocycles. The van der Waals surface area contributed by atoms with E-state index < -0.39 is 0 Å². The first-order valence-corrected chi connectivity index (χ1v) is 7.64. The van der Waals surface area contributed by atoms with Gasteiger partial charge in [0.1, 0.15) is 5.75 Å². The molecule has 3 heteroatoms. The van der Waals surface area contributed by atoms with Gasteiger partial charge in [-0.1, -0.05) is 18.2 Å². The van der Waals surface area contributed by atoms with Crippen molar-refractivity contribution in [1.29, 1.82) is 0 Å². The Hall–Kier alpha value is -0.670. The number of fused-ring (bicyclic) bond motifs is 1. The lowest BCUT2D eigenvalue weighted by atomic mass is 9.99. The van der Waals surface area contributed by atoms with Gasteiger partial charge in [0.05, 0.1) is 6.61 Å². The van der Waals surface area contributed by atoms with E-state index in [-0.39, 0.29) is 0 Å². The Morgan fingerprint density at radius 3 is 3.06 bits per heavy atom. The Labute approximate surface area is 107 Å². The quantitative estimate of drug-likeness (QED) is 0.870. The third kappa shape index (κ3) is 2.61. The standard InChI is InChI=1S/C14H19NOS/c1-2-6-14-12(5-1)13(7-8-16-14)15-11-4-3-9-17-10-11/h1-2,5-6,11,13,15H,3-4,7-10H2. The average Bonchev–Trinajstić information content (AvgIpc) is 2.40. The fraction of sp³-hybridized carbons (Fsp3) is 0.571. The van der Waals surface area contributed by atoms with Crippen LogP contribution in [0.15, 0.2) is 24.3 Å². The largest absolute Gasteiger partial charge is 0.493 e. The summed E-state index contributed by atoms with van der Waals surface area (Å²) in [4.78, 5) is 0. The molecule has 2 nitrogen and oxygen atoms in total. The number of thioether (sulfide) groups is 1. The van der Waals surface area contributed by atoms with Gasteiger partial charge in [-0.05, 0) is 24.7 Å². The Kier molecular flexibility index (Phi) is 3.57. The molecule has 2 aliphatic rings. The minimum atomic E-state index is 0.489. The Morgan fingerprint density at radius 2 is 2.18 bits per heavy atom. The van der Waals surface area contributed by atoms with E-state index in [1.165, 1.54) is 29.9 Å². The summed E-state index contributed by atoms with van der Waals surface area (Å²) in [5.41, 5.74) is 1.34. The molecule has 1 aromatic rings. The number of nitrogens with one attached hydrogen (secondary N) is 1. The zero-order chi connectivity index (χ0) is 11.5. The van der Waals surface area contributed by atoms with Crippen LogP contribution in [0.2, 0.25) is 0 Å². The first kappa shape index (κ1) is 11.4. The summed E-state index contributed by atoms with van der Waals surface area (Å²) in [6.45, 7) is 0.842. The summed E-state index contributed by atoms with van der Waals surface area (Å²) in [5.74, 6) is 3.67. The van der Waals surface area contributed by atoms with E-state index in [9.17, 15) is 0 Å². The second-order valence-corrected chi connectivity index (χ2v) is 5.96. The lowest BCUT2D eigenvalue weighted by Crippen LogP contribution is -2.38. The molecule has 2 aliphatic heterocycles. The Morgan fingerprint density at radius 1 is 1.24 bits per heavy atom. The third-order valence-corrected chi connectivity index (χ3v) is 4.77. The molecule has 0 aliphatic carbocycles. The summed E-state index contributed by atoms with van der Waals surface area (Å²) in [7, 11) is 0. The van der Waals surface area contributed by atoms with Crippen LogP contribution < -0.4 is 10.1 Å². The highest BCUT2D eigenvalue weighted by Crippen LogP contribution is 2.32. The zero-order valence-electron chi connectivity index (χ0n) is 10.0. The number of hydrogen-bond acceptors (Lipinski definition) is 3. The fourth-order valence-corrected chi connectivity index (χ4v) is 3.76. The Balaban J connectivity index is 1.71. The molecule has 1 fully saturated rings. The van der Waals surface area contributed by atoms with Crippen molar-refractivity contribution in [2.75, 3.05) is 18.1 Å². The van der Waals surface area contributed by atoms with Crippen LogP contribution in [0, 0.1) is 0 Å². The lowest BCUT2D eigenvalue weighted by Gasteiger charge is -2.32. The van der Waals surface area contributed by atoms with Gasteiger partial charge in [-0.15, -0.1) is 0 Å². The second kappa shape index (κ2) is 5.32. The van der Waals surface area contributed by atoms with Crippen molar-refractivity contribution in [3.05, 3.63) is 29.8 Å². The zero-order valence-corrected chi connectivity index (χ0v) is 10.8. The van der Waals surface area contributed by atoms with Gasteiger partial charge in [0, 0.05) is 29.8 Å². The van der Waals surface area contributed by atoms with Gasteiger partial charge in [0.2, 0.25) is 0 Å². The van der Waals surface area contributed by atoms with Crippen LogP contribution in [-0.2, 0) is 0 Å². The molecular weight excluding hydrogens is 230 g/mol. The van der Waals surface area contributed by atoms with Crippen molar-refractivity contribution in [2.24, 2.45) is 0 Å². The monoisotopic (exact) mass is 249 g/mol. The van der Waals surface area contributed by atoms with Crippen LogP contribution in [0.5, 0.6) is 5.75 Å². The van der Waals surface area contributed by atoms with Gasteiger partial charge in [-0.2, -0.15) is 11.8 Å². The van der Waals surface area contributed by atoms with Gasteiger partial charge in [0.15, 0.2) is 0 Å². The molecule has 0 bridgehead atoms. The van der Waals surface area contributed by atoms with Crippen molar-refractivity contribution >= 4 is 11.8 Å². The lowest BCUT2D eigenvalue weighted by molar-refractivity contribution is 0.244. The summed E-state index contributed by atoms with van der Waals surface area (Å²) in [5, 5.41) is 3.81. The van der Waals surface area contributed by atoms with Crippen molar-refractivity contribution in [2.45, 2.75) is 31.3 Å². The molecule has 0 saturated carbocycles. The molecule has 1 aromatic carbocycles. The van der Waals surface area contributed by atoms with E-state index in [1.54, 1.807) is 0 Å². The van der Waals surface area contributed by atoms with E-state index in [1.807, 2.05) is 0 Å². The number of hydrogen-bond donors (Lipinski definition) is 1. The van der Waals surface area contributed by atoms with Gasteiger partial charge in [-0.25, -0.2) is 0 Å². The number of ether oxygens (including phenoxy) is 1. The maximum absolute atomic E-state index is 5.70. The molecule has 0 radical (unpaired) electrons. The first-order chi connectivity index (χ1) is 8.43. The predicted molar refractivity (Wildman–Crippen MR) is 72.8 cm³/mol. The van der Waals surface area contributed by atoms with Gasteiger partial charge in [0.25, 0.3) is 0 Å². The molecule has 3 rings (SSSR count). The fourth-order valence-electron chi connectivity index (χ4n) is 2.67. The highest BCUT2D eigenvalue weighted by molar-refractivity contribution is 7.99. The van der Waals surface area contributed by atoms with Crippen LogP contribution in [-0.4, -0.2) is 24.2 Å². The van der Waals surface area contributed by atoms with E-state index in [0.29, 0.717) is 12.1 Å². The Bertz CT molecular complexity index is 376. The van der Waals surface area contributed by atoms with Crippen LogP contribution in [0.1, 0.15) is 30.9 Å². The minimum Gasteiger partial charge on any atom is -0.493 e. The molecule has 2 heterocycles. The predicted octanol–water partition coefficient (Wildman–Crippen LogP) is 3.00. The maximum atomic E-state index is 5.70. The van der Waals surface area contributed by atoms with E-state index in [4.69, 9.17) is 4.74 Å². The third-order valence-electron chi connectivity index (χ3n) is 3.56. The normalized spacial score (nSPS) is 28.2. The molecule has 1 saturated heterocycles. The van der Waals surface area contributed by atoms with Crippen LogP contribution in [0.4, 0.5) is 0 Å². The van der Waals surface area contributed by atoms with E-state index >= 15 is 0 Å². The summed E-state index contributed by atoms with van der Waals surface area (Å²) in [6, 6.07) is 9.62. The molecule has 2 unspecified atom stereocenters. The van der Waals surface area contributed by atoms with Crippen LogP contribution in [0.3, 0.4) is 0 Å². The topological polar surface area (TPSA) is 21.3 Å². The van der Waals surface area contributed by atoms with Crippen molar-refractivity contribution in [3.63, 3.8) is 0 Å². The molecule has 2 atom stereocenters. The molecule has 0 amide bonds. The van der Waals surface area contributed by atoms with Crippen LogP contribution in [0.25, 0.3) is 0 Å². The van der Waals surface area contributed by atoms with Crippen LogP contribution >= 0.6 is 11.8 Å². The number of benzene rings is 1. The van der Waals surface area contributed by atoms with Gasteiger partial charge in [-0.3, -0.25) is 0 Å². The van der Waals surface area contributed by atoms with E-state index in [2.05, 4.69) is 41.3 Å². The van der Waals surface area contributed by atoms with Crippen molar-refractivity contribution in [1.82, 2.24) is 5.32 Å². The highest BCUT2D eigenvalue weighted by atomic mass is 32.2. The molecule has 92 valence electrons. The second-order valence-electron chi connectivity index (χ2n) is 4.81. The SMILES string of the molecule is c1ccc2c(c1)OCCC2NC1CCCSC1. The number of rotatable bonds is 2. The molecule has 17 heavy (non-hydrogen) atoms. The smallest absolute Gasteiger partial charge is 0.124 e. The van der Waals surface area contributed by atoms with Gasteiger partial charge >= 0.3 is 0 Å². The summed E-state index contributed by atoms with van der Waals surface area (Å²) >= 11 is 2.08. The first-order valence-electron chi connectivity index (χ1n) is 6.49. The highest BCUT2D eigenvalue weighted by Gasteiger charge is 2.24. The molecule has 0 spiro atoms. The minimum absolute atomic E-state index is 0.489. The summed E-state index contributed by atoms with van der Waals surface area (Å²) < 4.78 is 5.70. The van der Waals surface area contributed by atoms with Crippen molar-refractivity contribution < 1.29 is 4.74 Å². The number of para-hydroxylation sites is 1. The van der Waals surface area contributed by atoms with Gasteiger partial charge < -0.3 is 10.1 Å². The molecular formula is C14H19NOS. The van der Waals surface area contributed by atoms with Crippen molar-refractivity contribution in [3.8, 4) is 5.75 Å².